The Morgan fingerprint density at radius 2 is 1.02 bits per heavy atom. The number of hydrogen-bond acceptors (Lipinski definition) is 2. The first-order valence-corrected chi connectivity index (χ1v) is 16.5. The van der Waals surface area contributed by atoms with Gasteiger partial charge in [-0.25, -0.2) is 0 Å². The average Bonchev–Trinajstić information content (AvgIpc) is 3.69. The van der Waals surface area contributed by atoms with E-state index >= 15 is 0 Å². The van der Waals surface area contributed by atoms with Crippen molar-refractivity contribution >= 4 is 75.0 Å². The Balaban J connectivity index is 1.28. The van der Waals surface area contributed by atoms with E-state index in [9.17, 15) is 0 Å². The summed E-state index contributed by atoms with van der Waals surface area (Å²) < 4.78 is 9.48. The van der Waals surface area contributed by atoms with E-state index in [-0.39, 0.29) is 0 Å². The molecule has 0 aliphatic rings. The van der Waals surface area contributed by atoms with Gasteiger partial charge in [-0.3, -0.25) is 0 Å². The number of thiophene rings is 1. The summed E-state index contributed by atoms with van der Waals surface area (Å²) in [5, 5.41) is 9.83. The van der Waals surface area contributed by atoms with Gasteiger partial charge in [0, 0.05) is 42.1 Å². The van der Waals surface area contributed by atoms with Crippen molar-refractivity contribution in [1.82, 2.24) is 0 Å². The highest BCUT2D eigenvalue weighted by atomic mass is 32.1. The average molecular weight is 603 g/mol. The highest BCUT2D eigenvalue weighted by Gasteiger charge is 2.24. The van der Waals surface area contributed by atoms with Crippen LogP contribution < -0.4 is 0 Å². The molecule has 0 bridgehead atoms. The lowest BCUT2D eigenvalue weighted by atomic mass is 9.86. The summed E-state index contributed by atoms with van der Waals surface area (Å²) in [6.07, 6.45) is 0. The fourth-order valence-corrected chi connectivity index (χ4v) is 8.53. The maximum atomic E-state index is 6.88. The fraction of sp³-hybridized carbons (Fsp3) is 0. The third-order valence-corrected chi connectivity index (χ3v) is 10.6. The summed E-state index contributed by atoms with van der Waals surface area (Å²) in [5.74, 6) is 0. The lowest BCUT2D eigenvalue weighted by Crippen LogP contribution is -1.90. The molecule has 2 aromatic heterocycles. The molecule has 10 rings (SSSR count). The van der Waals surface area contributed by atoms with Gasteiger partial charge in [-0.15, -0.1) is 11.3 Å². The summed E-state index contributed by atoms with van der Waals surface area (Å²) in [6, 6.07) is 57.1. The van der Waals surface area contributed by atoms with Crippen molar-refractivity contribution in [1.29, 1.82) is 0 Å². The largest absolute Gasteiger partial charge is 0.455 e. The fourth-order valence-electron chi connectivity index (χ4n) is 7.39. The Morgan fingerprint density at radius 1 is 0.391 bits per heavy atom. The van der Waals surface area contributed by atoms with E-state index in [1.54, 1.807) is 0 Å². The zero-order chi connectivity index (χ0) is 30.2. The van der Waals surface area contributed by atoms with Gasteiger partial charge in [0.1, 0.15) is 11.2 Å². The second-order valence-electron chi connectivity index (χ2n) is 12.0. The molecule has 0 spiro atoms. The summed E-state index contributed by atoms with van der Waals surface area (Å²) >= 11 is 1.86. The zero-order valence-corrected chi connectivity index (χ0v) is 25.6. The molecule has 214 valence electrons. The molecule has 0 aliphatic carbocycles. The Kier molecular flexibility index (Phi) is 5.51. The van der Waals surface area contributed by atoms with Crippen LogP contribution in [0.15, 0.2) is 162 Å². The first kappa shape index (κ1) is 25.6. The minimum absolute atomic E-state index is 0.908. The lowest BCUT2D eigenvalue weighted by Gasteiger charge is -2.16. The van der Waals surface area contributed by atoms with E-state index in [1.165, 1.54) is 74.9 Å². The van der Waals surface area contributed by atoms with E-state index in [0.717, 1.165) is 22.1 Å². The third-order valence-electron chi connectivity index (χ3n) is 9.47. The molecule has 0 unspecified atom stereocenters. The van der Waals surface area contributed by atoms with Crippen molar-refractivity contribution in [2.45, 2.75) is 0 Å². The molecule has 0 aliphatic heterocycles. The van der Waals surface area contributed by atoms with Gasteiger partial charge in [-0.2, -0.15) is 0 Å². The topological polar surface area (TPSA) is 13.1 Å². The molecule has 0 saturated carbocycles. The SMILES string of the molecule is c1ccc2cc(-c3ccc(-c4c5ccccc5c(-c5cccc6sc7ccccc7c56)c5oc6ccccc6c45)cc3)ccc2c1. The second kappa shape index (κ2) is 9.90. The van der Waals surface area contributed by atoms with Gasteiger partial charge >= 0.3 is 0 Å². The van der Waals surface area contributed by atoms with E-state index in [2.05, 4.69) is 158 Å². The number of benzene rings is 8. The number of fused-ring (bicyclic) bond motifs is 8. The predicted octanol–water partition coefficient (Wildman–Crippen LogP) is 13.3. The molecular weight excluding hydrogens is 577 g/mol. The van der Waals surface area contributed by atoms with Crippen LogP contribution in [0.5, 0.6) is 0 Å². The summed E-state index contributed by atoms with van der Waals surface area (Å²) in [5.41, 5.74) is 9.05. The number of furan rings is 1. The molecule has 2 heteroatoms. The van der Waals surface area contributed by atoms with Crippen molar-refractivity contribution in [3.63, 3.8) is 0 Å². The molecule has 1 nitrogen and oxygen atoms in total. The third kappa shape index (κ3) is 3.74. The molecule has 0 atom stereocenters. The van der Waals surface area contributed by atoms with Crippen LogP contribution in [0.1, 0.15) is 0 Å². The maximum Gasteiger partial charge on any atom is 0.144 e. The summed E-state index contributed by atoms with van der Waals surface area (Å²) in [4.78, 5) is 0. The maximum absolute atomic E-state index is 6.88. The zero-order valence-electron chi connectivity index (χ0n) is 24.8. The Labute approximate surface area is 269 Å². The van der Waals surface area contributed by atoms with E-state index in [4.69, 9.17) is 4.42 Å². The standard InChI is InChI=1S/C44H26OS/c1-2-11-30-26-31(25-22-27(30)10-1)28-20-23-29(24-21-28)40-32-12-3-4-13-33(32)42(44-43(40)34-14-5-7-17-37(34)45-44)36-16-9-19-39-41(36)35-15-6-8-18-38(35)46-39/h1-26H. The van der Waals surface area contributed by atoms with Crippen LogP contribution in [0.2, 0.25) is 0 Å². The molecule has 0 N–H and O–H groups in total. The van der Waals surface area contributed by atoms with Crippen LogP contribution in [-0.2, 0) is 0 Å². The molecule has 8 aromatic carbocycles. The smallest absolute Gasteiger partial charge is 0.144 e. The molecule has 0 saturated heterocycles. The summed E-state index contributed by atoms with van der Waals surface area (Å²) in [7, 11) is 0. The lowest BCUT2D eigenvalue weighted by molar-refractivity contribution is 0.670. The highest BCUT2D eigenvalue weighted by Crippen LogP contribution is 2.50. The van der Waals surface area contributed by atoms with Crippen molar-refractivity contribution in [3.05, 3.63) is 158 Å². The van der Waals surface area contributed by atoms with Crippen LogP contribution in [0.4, 0.5) is 0 Å². The Morgan fingerprint density at radius 3 is 1.87 bits per heavy atom. The minimum atomic E-state index is 0.908. The van der Waals surface area contributed by atoms with Crippen LogP contribution in [0, 0.1) is 0 Å². The Bertz CT molecular complexity index is 2800. The van der Waals surface area contributed by atoms with Gasteiger partial charge in [0.25, 0.3) is 0 Å². The molecule has 46 heavy (non-hydrogen) atoms. The monoisotopic (exact) mass is 602 g/mol. The number of para-hydroxylation sites is 1. The van der Waals surface area contributed by atoms with Crippen molar-refractivity contribution in [2.75, 3.05) is 0 Å². The van der Waals surface area contributed by atoms with Gasteiger partial charge in [0.05, 0.1) is 0 Å². The second-order valence-corrected chi connectivity index (χ2v) is 13.1. The van der Waals surface area contributed by atoms with Crippen molar-refractivity contribution < 1.29 is 4.42 Å². The normalized spacial score (nSPS) is 11.9. The summed E-state index contributed by atoms with van der Waals surface area (Å²) in [6.45, 7) is 0. The van der Waals surface area contributed by atoms with Crippen molar-refractivity contribution in [2.24, 2.45) is 0 Å². The minimum Gasteiger partial charge on any atom is -0.455 e. The quantitative estimate of drug-likeness (QED) is 0.196. The van der Waals surface area contributed by atoms with Gasteiger partial charge in [-0.05, 0) is 68.1 Å². The first-order valence-electron chi connectivity index (χ1n) is 15.7. The molecular formula is C44H26OS. The van der Waals surface area contributed by atoms with Gasteiger partial charge in [-0.1, -0.05) is 133 Å². The van der Waals surface area contributed by atoms with E-state index in [0.29, 0.717) is 0 Å². The molecule has 2 heterocycles. The van der Waals surface area contributed by atoms with Crippen LogP contribution in [0.25, 0.3) is 97.0 Å². The molecule has 10 aromatic rings. The van der Waals surface area contributed by atoms with Crippen molar-refractivity contribution in [3.8, 4) is 33.4 Å². The number of rotatable bonds is 3. The Hall–Kier alpha value is -5.70. The predicted molar refractivity (Wildman–Crippen MR) is 198 cm³/mol. The number of hydrogen-bond donors (Lipinski definition) is 0. The van der Waals surface area contributed by atoms with E-state index in [1.807, 2.05) is 11.3 Å². The molecule has 0 amide bonds. The van der Waals surface area contributed by atoms with E-state index < -0.39 is 0 Å². The molecule has 0 fully saturated rings. The van der Waals surface area contributed by atoms with Crippen LogP contribution in [-0.4, -0.2) is 0 Å². The van der Waals surface area contributed by atoms with Gasteiger partial charge in [0.2, 0.25) is 0 Å². The molecule has 0 radical (unpaired) electrons. The first-order chi connectivity index (χ1) is 22.8. The van der Waals surface area contributed by atoms with Crippen LogP contribution >= 0.6 is 11.3 Å². The van der Waals surface area contributed by atoms with Gasteiger partial charge < -0.3 is 4.42 Å². The highest BCUT2D eigenvalue weighted by molar-refractivity contribution is 7.25. The van der Waals surface area contributed by atoms with Gasteiger partial charge in [0.15, 0.2) is 0 Å². The van der Waals surface area contributed by atoms with Crippen LogP contribution in [0.3, 0.4) is 0 Å².